The lowest BCUT2D eigenvalue weighted by Crippen LogP contribution is -2.24. The molecule has 0 radical (unpaired) electrons. The highest BCUT2D eigenvalue weighted by molar-refractivity contribution is 6.32. The zero-order valence-corrected chi connectivity index (χ0v) is 13.4. The van der Waals surface area contributed by atoms with Crippen molar-refractivity contribution in [1.29, 1.82) is 0 Å². The van der Waals surface area contributed by atoms with E-state index in [-0.39, 0.29) is 12.1 Å². The van der Waals surface area contributed by atoms with Crippen LogP contribution in [0.15, 0.2) is 48.5 Å². The number of amides is 2. The van der Waals surface area contributed by atoms with E-state index in [4.69, 9.17) is 16.3 Å². The van der Waals surface area contributed by atoms with E-state index in [1.807, 2.05) is 25.1 Å². The molecule has 0 fully saturated rings. The molecule has 116 valence electrons. The van der Waals surface area contributed by atoms with Crippen molar-refractivity contribution in [2.45, 2.75) is 19.4 Å². The van der Waals surface area contributed by atoms with Gasteiger partial charge in [-0.25, -0.2) is 4.79 Å². The lowest BCUT2D eigenvalue weighted by atomic mass is 10.1. The van der Waals surface area contributed by atoms with Crippen molar-refractivity contribution < 1.29 is 9.53 Å². The molecule has 2 aromatic carbocycles. The molecule has 0 heterocycles. The van der Waals surface area contributed by atoms with Crippen molar-refractivity contribution in [3.63, 3.8) is 0 Å². The van der Waals surface area contributed by atoms with Crippen molar-refractivity contribution >= 4 is 23.3 Å². The van der Waals surface area contributed by atoms with Crippen LogP contribution in [-0.2, 0) is 6.42 Å². The summed E-state index contributed by atoms with van der Waals surface area (Å²) in [7, 11) is 1.56. The van der Waals surface area contributed by atoms with Gasteiger partial charge in [-0.15, -0.1) is 0 Å². The number of ether oxygens (including phenoxy) is 1. The van der Waals surface area contributed by atoms with Gasteiger partial charge in [0.1, 0.15) is 5.75 Å². The molecule has 2 aromatic rings. The lowest BCUT2D eigenvalue weighted by molar-refractivity contribution is 0.222. The molecule has 0 saturated carbocycles. The Morgan fingerprint density at radius 2 is 1.95 bits per heavy atom. The van der Waals surface area contributed by atoms with Gasteiger partial charge in [-0.1, -0.05) is 41.9 Å². The number of carbonyl (C=O) groups excluding carboxylic acids is 1. The summed E-state index contributed by atoms with van der Waals surface area (Å²) in [6.45, 7) is 2.00. The molecule has 0 aliphatic carbocycles. The molecule has 4 nitrogen and oxygen atoms in total. The van der Waals surface area contributed by atoms with E-state index in [1.165, 1.54) is 5.56 Å². The first kappa shape index (κ1) is 16.2. The van der Waals surface area contributed by atoms with Crippen molar-refractivity contribution in [1.82, 2.24) is 5.32 Å². The van der Waals surface area contributed by atoms with Crippen LogP contribution in [0.4, 0.5) is 10.5 Å². The van der Waals surface area contributed by atoms with Crippen LogP contribution >= 0.6 is 11.6 Å². The van der Waals surface area contributed by atoms with E-state index in [1.54, 1.807) is 25.2 Å². The number of hydrogen-bond donors (Lipinski definition) is 2. The van der Waals surface area contributed by atoms with Crippen molar-refractivity contribution in [3.05, 3.63) is 59.1 Å². The molecule has 22 heavy (non-hydrogen) atoms. The Balaban J connectivity index is 1.99. The summed E-state index contributed by atoms with van der Waals surface area (Å²) in [5, 5.41) is 5.61. The van der Waals surface area contributed by atoms with Crippen molar-refractivity contribution in [2.75, 3.05) is 12.4 Å². The van der Waals surface area contributed by atoms with Gasteiger partial charge in [-0.2, -0.15) is 0 Å². The maximum Gasteiger partial charge on any atom is 0.318 e. The third kappa shape index (κ3) is 4.67. The summed E-state index contributed by atoms with van der Waals surface area (Å²) in [6, 6.07) is 15.0. The minimum atomic E-state index is -0.290. The Hall–Kier alpha value is -2.20. The molecular weight excluding hydrogens is 300 g/mol. The molecular formula is C17H19ClN2O2. The van der Waals surface area contributed by atoms with Gasteiger partial charge in [-0.3, -0.25) is 0 Å². The largest absolute Gasteiger partial charge is 0.489 e. The van der Waals surface area contributed by atoms with E-state index < -0.39 is 0 Å². The summed E-state index contributed by atoms with van der Waals surface area (Å²) in [6.07, 6.45) is 0.799. The van der Waals surface area contributed by atoms with Crippen molar-refractivity contribution in [2.24, 2.45) is 0 Å². The second-order valence-corrected chi connectivity index (χ2v) is 5.37. The highest BCUT2D eigenvalue weighted by Gasteiger charge is 2.10. The highest BCUT2D eigenvalue weighted by atomic mass is 35.5. The normalized spacial score (nSPS) is 11.6. The van der Waals surface area contributed by atoms with Gasteiger partial charge in [0.25, 0.3) is 0 Å². The third-order valence-corrected chi connectivity index (χ3v) is 3.41. The van der Waals surface area contributed by atoms with Gasteiger partial charge >= 0.3 is 6.03 Å². The quantitative estimate of drug-likeness (QED) is 0.872. The van der Waals surface area contributed by atoms with Crippen LogP contribution in [0.1, 0.15) is 12.5 Å². The summed E-state index contributed by atoms with van der Waals surface area (Å²) in [5.41, 5.74) is 1.83. The van der Waals surface area contributed by atoms with Crippen LogP contribution < -0.4 is 15.4 Å². The average Bonchev–Trinajstić information content (AvgIpc) is 2.51. The molecule has 1 atom stereocenters. The molecule has 0 aliphatic heterocycles. The molecule has 1 unspecified atom stereocenters. The summed E-state index contributed by atoms with van der Waals surface area (Å²) in [4.78, 5) is 11.3. The van der Waals surface area contributed by atoms with E-state index in [0.29, 0.717) is 16.5 Å². The molecule has 0 bridgehead atoms. The first-order valence-corrected chi connectivity index (χ1v) is 7.45. The Labute approximate surface area is 135 Å². The Morgan fingerprint density at radius 1 is 1.23 bits per heavy atom. The number of rotatable bonds is 5. The number of anilines is 1. The Kier molecular flexibility index (Phi) is 5.67. The van der Waals surface area contributed by atoms with E-state index in [0.717, 1.165) is 6.42 Å². The van der Waals surface area contributed by atoms with Gasteiger partial charge < -0.3 is 15.4 Å². The van der Waals surface area contributed by atoms with E-state index in [9.17, 15) is 4.79 Å². The summed E-state index contributed by atoms with van der Waals surface area (Å²) in [5.74, 6) is 0.604. The van der Waals surface area contributed by atoms with Crippen LogP contribution in [0.5, 0.6) is 5.75 Å². The van der Waals surface area contributed by atoms with Crippen molar-refractivity contribution in [3.8, 4) is 5.75 Å². The molecule has 0 spiro atoms. The molecule has 0 saturated heterocycles. The fourth-order valence-corrected chi connectivity index (χ4v) is 2.30. The molecule has 2 amide bonds. The number of benzene rings is 2. The average molecular weight is 319 g/mol. The van der Waals surface area contributed by atoms with E-state index in [2.05, 4.69) is 22.8 Å². The first-order chi connectivity index (χ1) is 10.6. The maximum atomic E-state index is 11.3. The predicted octanol–water partition coefficient (Wildman–Crippen LogP) is 4.10. The second-order valence-electron chi connectivity index (χ2n) is 4.97. The van der Waals surface area contributed by atoms with Gasteiger partial charge in [-0.05, 0) is 30.7 Å². The van der Waals surface area contributed by atoms with Crippen LogP contribution in [0.25, 0.3) is 0 Å². The monoisotopic (exact) mass is 318 g/mol. The second kappa shape index (κ2) is 7.71. The lowest BCUT2D eigenvalue weighted by Gasteiger charge is -2.16. The topological polar surface area (TPSA) is 50.4 Å². The van der Waals surface area contributed by atoms with Gasteiger partial charge in [0.2, 0.25) is 0 Å². The zero-order valence-electron chi connectivity index (χ0n) is 12.6. The van der Waals surface area contributed by atoms with E-state index >= 15 is 0 Å². The highest BCUT2D eigenvalue weighted by Crippen LogP contribution is 2.29. The summed E-state index contributed by atoms with van der Waals surface area (Å²) >= 11 is 6.21. The molecule has 5 heteroatoms. The Morgan fingerprint density at radius 3 is 2.59 bits per heavy atom. The maximum absolute atomic E-state index is 11.3. The molecule has 2 N–H and O–H groups in total. The van der Waals surface area contributed by atoms with Crippen LogP contribution in [0.3, 0.4) is 0 Å². The minimum Gasteiger partial charge on any atom is -0.489 e. The fraction of sp³-hybridized carbons (Fsp3) is 0.235. The number of halogens is 1. The minimum absolute atomic E-state index is 0.00218. The van der Waals surface area contributed by atoms with Crippen LogP contribution in [0.2, 0.25) is 5.02 Å². The van der Waals surface area contributed by atoms with Gasteiger partial charge in [0.15, 0.2) is 0 Å². The fourth-order valence-electron chi connectivity index (χ4n) is 2.07. The smallest absolute Gasteiger partial charge is 0.318 e. The number of nitrogens with one attached hydrogen (secondary N) is 2. The van der Waals surface area contributed by atoms with Gasteiger partial charge in [0.05, 0.1) is 11.1 Å². The predicted molar refractivity (Wildman–Crippen MR) is 89.8 cm³/mol. The molecule has 0 aromatic heterocycles. The van der Waals surface area contributed by atoms with Crippen LogP contribution in [-0.4, -0.2) is 19.2 Å². The number of urea groups is 1. The zero-order chi connectivity index (χ0) is 15.9. The first-order valence-electron chi connectivity index (χ1n) is 7.07. The van der Waals surface area contributed by atoms with Crippen LogP contribution in [0, 0.1) is 0 Å². The summed E-state index contributed by atoms with van der Waals surface area (Å²) < 4.78 is 5.88. The number of carbonyl (C=O) groups is 1. The molecule has 0 aliphatic rings. The standard InChI is InChI=1S/C17H19ClN2O2/c1-12(10-13-6-4-3-5-7-13)22-16-9-8-14(11-15(16)18)20-17(21)19-2/h3-9,11-12H,10H2,1-2H3,(H2,19,20,21). The van der Waals surface area contributed by atoms with Gasteiger partial charge in [0, 0.05) is 19.2 Å². The number of hydrogen-bond acceptors (Lipinski definition) is 2. The third-order valence-electron chi connectivity index (χ3n) is 3.11. The Bertz CT molecular complexity index is 632. The molecule has 2 rings (SSSR count). The SMILES string of the molecule is CNC(=O)Nc1ccc(OC(C)Cc2ccccc2)c(Cl)c1.